The fourth-order valence-electron chi connectivity index (χ4n) is 6.50. The van der Waals surface area contributed by atoms with Gasteiger partial charge in [-0.25, -0.2) is 9.97 Å². The van der Waals surface area contributed by atoms with Crippen LogP contribution in [0.3, 0.4) is 0 Å². The van der Waals surface area contributed by atoms with Gasteiger partial charge in [-0.3, -0.25) is 19.2 Å². The summed E-state index contributed by atoms with van der Waals surface area (Å²) >= 11 is 0. The zero-order valence-electron chi connectivity index (χ0n) is 29.9. The Kier molecular flexibility index (Phi) is 9.99. The molecule has 5 aromatic carbocycles. The summed E-state index contributed by atoms with van der Waals surface area (Å²) < 4.78 is 12.8. The molecule has 0 saturated heterocycles. The van der Waals surface area contributed by atoms with Crippen molar-refractivity contribution in [1.82, 2.24) is 9.97 Å². The molecule has 276 valence electrons. The van der Waals surface area contributed by atoms with E-state index in [-0.39, 0.29) is 72.3 Å². The topological polar surface area (TPSA) is 161 Å². The average Bonchev–Trinajstić information content (AvgIpc) is 3.21. The predicted molar refractivity (Wildman–Crippen MR) is 215 cm³/mol. The zero-order valence-corrected chi connectivity index (χ0v) is 29.9. The fourth-order valence-corrected chi connectivity index (χ4v) is 6.50. The van der Waals surface area contributed by atoms with Crippen LogP contribution in [0.2, 0.25) is 0 Å². The number of aromatic nitrogens is 2. The van der Waals surface area contributed by atoms with Crippen LogP contribution in [0.25, 0.3) is 32.7 Å². The second-order valence-electron chi connectivity index (χ2n) is 12.9. The van der Waals surface area contributed by atoms with Crippen molar-refractivity contribution in [2.75, 3.05) is 34.5 Å². The van der Waals surface area contributed by atoms with Gasteiger partial charge in [0.25, 0.3) is 11.8 Å². The summed E-state index contributed by atoms with van der Waals surface area (Å²) in [7, 11) is 0. The van der Waals surface area contributed by atoms with Gasteiger partial charge in [-0.05, 0) is 76.1 Å². The van der Waals surface area contributed by atoms with Gasteiger partial charge >= 0.3 is 0 Å². The van der Waals surface area contributed by atoms with E-state index in [0.29, 0.717) is 11.5 Å². The van der Waals surface area contributed by atoms with E-state index in [1.54, 1.807) is 54.6 Å². The number of amides is 4. The van der Waals surface area contributed by atoms with E-state index in [2.05, 4.69) is 31.2 Å². The summed E-state index contributed by atoms with van der Waals surface area (Å²) in [4.78, 5) is 61.5. The molecule has 8 rings (SSSR count). The molecule has 0 saturated carbocycles. The molecule has 0 atom stereocenters. The minimum atomic E-state index is -0.506. The van der Waals surface area contributed by atoms with Crippen LogP contribution in [-0.2, 0) is 9.59 Å². The lowest BCUT2D eigenvalue weighted by Crippen LogP contribution is -2.18. The molecule has 1 aliphatic heterocycles. The number of nitrogens with one attached hydrogen (secondary N) is 4. The summed E-state index contributed by atoms with van der Waals surface area (Å²) in [5.41, 5.74) is 2.00. The molecule has 0 radical (unpaired) electrons. The van der Waals surface area contributed by atoms with Gasteiger partial charge in [-0.15, -0.1) is 0 Å². The van der Waals surface area contributed by atoms with Crippen LogP contribution in [0.1, 0.15) is 33.6 Å². The molecule has 3 heterocycles. The van der Waals surface area contributed by atoms with Crippen LogP contribution >= 0.6 is 0 Å². The van der Waals surface area contributed by atoms with Gasteiger partial charge < -0.3 is 30.7 Å². The Labute approximate surface area is 320 Å². The Balaban J connectivity index is 1.15. The minimum absolute atomic E-state index is 0.00474. The van der Waals surface area contributed by atoms with E-state index in [0.717, 1.165) is 32.7 Å². The zero-order chi connectivity index (χ0) is 38.4. The van der Waals surface area contributed by atoms with E-state index in [9.17, 15) is 19.2 Å². The Bertz CT molecular complexity index is 2480. The van der Waals surface area contributed by atoms with Gasteiger partial charge in [0.2, 0.25) is 11.8 Å². The quantitative estimate of drug-likeness (QED) is 0.121. The molecule has 0 unspecified atom stereocenters. The third-order valence-electron chi connectivity index (χ3n) is 9.11. The fraction of sp³-hybridized carbons (Fsp3) is 0.0909. The first-order valence-electron chi connectivity index (χ1n) is 17.9. The Morgan fingerprint density at radius 1 is 0.429 bits per heavy atom. The minimum Gasteiger partial charge on any atom is -0.492 e. The molecule has 0 fully saturated rings. The van der Waals surface area contributed by atoms with Crippen LogP contribution in [0.15, 0.2) is 133 Å². The Morgan fingerprint density at radius 3 is 1.30 bits per heavy atom. The maximum Gasteiger partial charge on any atom is 0.256 e. The molecule has 4 N–H and O–H groups in total. The van der Waals surface area contributed by atoms with Crippen molar-refractivity contribution in [3.8, 4) is 22.6 Å². The maximum atomic E-state index is 13.2. The summed E-state index contributed by atoms with van der Waals surface area (Å²) in [5, 5.41) is 14.8. The molecule has 0 spiro atoms. The van der Waals surface area contributed by atoms with Crippen LogP contribution < -0.4 is 30.7 Å². The van der Waals surface area contributed by atoms with Crippen molar-refractivity contribution in [3.63, 3.8) is 0 Å². The number of nitrogens with zero attached hydrogens (tertiary/aromatic N) is 2. The van der Waals surface area contributed by atoms with E-state index < -0.39 is 11.8 Å². The summed E-state index contributed by atoms with van der Waals surface area (Å²) in [6.45, 7) is 0.0990. The van der Waals surface area contributed by atoms with Gasteiger partial charge in [-0.2, -0.15) is 0 Å². The summed E-state index contributed by atoms with van der Waals surface area (Å²) in [6.07, 6.45) is 0.00948. The molecule has 12 nitrogen and oxygen atoms in total. The number of hydrogen-bond donors (Lipinski definition) is 4. The van der Waals surface area contributed by atoms with Gasteiger partial charge in [0.1, 0.15) is 34.8 Å². The molecule has 4 amide bonds. The highest BCUT2D eigenvalue weighted by atomic mass is 16.5. The largest absolute Gasteiger partial charge is 0.492 e. The SMILES string of the molecule is O=C1CCOc2ccc3ccccc3c2-c2c(ccc3ccccc23)OCCC(=O)Nc2cccc(n2)NC(=O)c2cccc(c2)C(=O)Nc2cccc(n2)N1. The van der Waals surface area contributed by atoms with Gasteiger partial charge in [0.15, 0.2) is 0 Å². The first-order chi connectivity index (χ1) is 27.4. The molecule has 1 aliphatic rings. The van der Waals surface area contributed by atoms with Crippen LogP contribution in [0.4, 0.5) is 23.3 Å². The Morgan fingerprint density at radius 2 is 0.839 bits per heavy atom. The lowest BCUT2D eigenvalue weighted by atomic mass is 9.92. The lowest BCUT2D eigenvalue weighted by molar-refractivity contribution is -0.117. The highest BCUT2D eigenvalue weighted by Crippen LogP contribution is 2.45. The number of anilines is 4. The first kappa shape index (κ1) is 35.4. The third kappa shape index (κ3) is 7.85. The molecule has 56 heavy (non-hydrogen) atoms. The molecule has 12 heteroatoms. The molecule has 0 aliphatic carbocycles. The van der Waals surface area contributed by atoms with Crippen LogP contribution in [0.5, 0.6) is 11.5 Å². The monoisotopic (exact) mass is 742 g/mol. The van der Waals surface area contributed by atoms with Crippen molar-refractivity contribution in [2.24, 2.45) is 0 Å². The van der Waals surface area contributed by atoms with Crippen molar-refractivity contribution in [2.45, 2.75) is 12.8 Å². The van der Waals surface area contributed by atoms with Crippen molar-refractivity contribution in [3.05, 3.63) is 145 Å². The molecule has 2 aromatic heterocycles. The second-order valence-corrected chi connectivity index (χ2v) is 12.9. The number of fused-ring (bicyclic) bond motifs is 13. The van der Waals surface area contributed by atoms with Crippen molar-refractivity contribution in [1.29, 1.82) is 0 Å². The number of benzene rings is 5. The van der Waals surface area contributed by atoms with E-state index >= 15 is 0 Å². The average molecular weight is 743 g/mol. The molecule has 6 bridgehead atoms. The highest BCUT2D eigenvalue weighted by molar-refractivity contribution is 6.10. The number of ether oxygens (including phenoxy) is 2. The van der Waals surface area contributed by atoms with E-state index in [1.165, 1.54) is 6.07 Å². The highest BCUT2D eigenvalue weighted by Gasteiger charge is 2.20. The third-order valence-corrected chi connectivity index (χ3v) is 9.11. The molecular weight excluding hydrogens is 709 g/mol. The lowest BCUT2D eigenvalue weighted by Gasteiger charge is -2.20. The number of hydrogen-bond acceptors (Lipinski definition) is 8. The number of pyridine rings is 2. The summed E-state index contributed by atoms with van der Waals surface area (Å²) in [5.74, 6) is 0.299. The van der Waals surface area contributed by atoms with E-state index in [1.807, 2.05) is 72.8 Å². The second kappa shape index (κ2) is 15.8. The van der Waals surface area contributed by atoms with Crippen molar-refractivity contribution < 1.29 is 28.7 Å². The van der Waals surface area contributed by atoms with Gasteiger partial charge in [0, 0.05) is 22.3 Å². The maximum absolute atomic E-state index is 13.2. The van der Waals surface area contributed by atoms with E-state index in [4.69, 9.17) is 9.47 Å². The predicted octanol–water partition coefficient (Wildman–Crippen LogP) is 8.08. The normalized spacial score (nSPS) is 14.1. The number of rotatable bonds is 0. The standard InChI is InChI=1S/C44H34N6O6/c51-39-22-24-55-33-20-18-27-8-1-3-12-31(27)41(33)42-32-13-4-2-9-28(32)19-21-34(42)56-25-23-40(52)48-36-15-7-17-38(46-36)50-44(54)30-11-5-10-29(26-30)43(53)49-37-16-6-14-35(45-37)47-39/h1-21,26H,22-25H2,(H2,45,47,49,51,53)(H2,46,48,50,52,54). The van der Waals surface area contributed by atoms with Gasteiger partial charge in [-0.1, -0.05) is 78.9 Å². The van der Waals surface area contributed by atoms with Crippen molar-refractivity contribution >= 4 is 68.4 Å². The Hall–Kier alpha value is -7.60. The van der Waals surface area contributed by atoms with Crippen LogP contribution in [-0.4, -0.2) is 46.8 Å². The summed E-state index contributed by atoms with van der Waals surface area (Å²) in [6, 6.07) is 39.5. The smallest absolute Gasteiger partial charge is 0.256 e. The molecular formula is C44H34N6O6. The van der Waals surface area contributed by atoms with Crippen LogP contribution in [0, 0.1) is 0 Å². The van der Waals surface area contributed by atoms with Gasteiger partial charge in [0.05, 0.1) is 26.1 Å². The number of carbonyl (C=O) groups excluding carboxylic acids is 4. The first-order valence-corrected chi connectivity index (χ1v) is 17.9. The number of carbonyl (C=O) groups is 4. The molecule has 7 aromatic rings.